The van der Waals surface area contributed by atoms with E-state index in [1.54, 1.807) is 13.1 Å². The molecule has 0 fully saturated rings. The predicted octanol–water partition coefficient (Wildman–Crippen LogP) is -0.615. The Kier molecular flexibility index (Phi) is 2.61. The number of aromatic nitrogens is 4. The minimum Gasteiger partial charge on any atom is -0.373 e. The molecule has 1 amide bonds. The summed E-state index contributed by atoms with van der Waals surface area (Å²) in [6.45, 7) is 0. The Hall–Kier alpha value is -2.64. The Bertz CT molecular complexity index is 562. The third-order valence-electron chi connectivity index (χ3n) is 2.09. The molecule has 5 N–H and O–H groups in total. The first-order valence-electron chi connectivity index (χ1n) is 4.77. The first kappa shape index (κ1) is 10.9. The molecule has 8 heteroatoms. The van der Waals surface area contributed by atoms with Gasteiger partial charge in [-0.3, -0.25) is 4.79 Å². The number of nitrogen functional groups attached to an aromatic ring is 1. The van der Waals surface area contributed by atoms with Gasteiger partial charge in [-0.1, -0.05) is 0 Å². The van der Waals surface area contributed by atoms with Crippen LogP contribution in [0.3, 0.4) is 0 Å². The zero-order valence-corrected chi connectivity index (χ0v) is 9.08. The van der Waals surface area contributed by atoms with Crippen LogP contribution in [0.2, 0.25) is 0 Å². The molecular weight excluding hydrogens is 222 g/mol. The van der Waals surface area contributed by atoms with E-state index in [1.165, 1.54) is 17.1 Å². The highest BCUT2D eigenvalue weighted by atomic mass is 16.1. The molecule has 0 unspecified atom stereocenters. The number of carbonyl (C=O) groups is 1. The normalized spacial score (nSPS) is 10.2. The van der Waals surface area contributed by atoms with Crippen molar-refractivity contribution < 1.29 is 4.79 Å². The molecule has 2 rings (SSSR count). The fraction of sp³-hybridized carbons (Fsp3) is 0.111. The van der Waals surface area contributed by atoms with E-state index in [4.69, 9.17) is 11.5 Å². The van der Waals surface area contributed by atoms with Crippen molar-refractivity contribution in [2.75, 3.05) is 18.1 Å². The molecule has 0 saturated heterocycles. The highest BCUT2D eigenvalue weighted by Gasteiger charge is 2.08. The van der Waals surface area contributed by atoms with Crippen molar-refractivity contribution in [1.29, 1.82) is 0 Å². The van der Waals surface area contributed by atoms with E-state index >= 15 is 0 Å². The average molecular weight is 233 g/mol. The van der Waals surface area contributed by atoms with Gasteiger partial charge in [-0.2, -0.15) is 15.1 Å². The van der Waals surface area contributed by atoms with Gasteiger partial charge in [-0.25, -0.2) is 4.68 Å². The summed E-state index contributed by atoms with van der Waals surface area (Å²) >= 11 is 0. The van der Waals surface area contributed by atoms with Gasteiger partial charge in [0.25, 0.3) is 5.91 Å². The van der Waals surface area contributed by atoms with Crippen molar-refractivity contribution in [3.8, 4) is 5.82 Å². The van der Waals surface area contributed by atoms with Gasteiger partial charge in [0.1, 0.15) is 5.82 Å². The van der Waals surface area contributed by atoms with Crippen molar-refractivity contribution in [1.82, 2.24) is 19.7 Å². The van der Waals surface area contributed by atoms with E-state index in [1.807, 2.05) is 0 Å². The van der Waals surface area contributed by atoms with Crippen LogP contribution >= 0.6 is 0 Å². The van der Waals surface area contributed by atoms with Crippen LogP contribution in [0.1, 0.15) is 10.4 Å². The van der Waals surface area contributed by atoms with Crippen molar-refractivity contribution >= 4 is 17.7 Å². The average Bonchev–Trinajstić information content (AvgIpc) is 2.77. The van der Waals surface area contributed by atoms with E-state index in [0.29, 0.717) is 17.2 Å². The van der Waals surface area contributed by atoms with Crippen LogP contribution in [0.4, 0.5) is 11.8 Å². The second-order valence-electron chi connectivity index (χ2n) is 3.26. The van der Waals surface area contributed by atoms with Crippen LogP contribution in [0.5, 0.6) is 0 Å². The summed E-state index contributed by atoms with van der Waals surface area (Å²) in [5, 5.41) is 6.81. The molecule has 0 atom stereocenters. The van der Waals surface area contributed by atoms with Crippen LogP contribution in [-0.4, -0.2) is 32.7 Å². The van der Waals surface area contributed by atoms with Crippen LogP contribution in [0.15, 0.2) is 18.5 Å². The fourth-order valence-corrected chi connectivity index (χ4v) is 1.27. The smallest absolute Gasteiger partial charge is 0.251 e. The van der Waals surface area contributed by atoms with E-state index in [0.717, 1.165) is 0 Å². The van der Waals surface area contributed by atoms with E-state index in [2.05, 4.69) is 20.4 Å². The van der Waals surface area contributed by atoms with E-state index in [9.17, 15) is 4.79 Å². The van der Waals surface area contributed by atoms with Crippen molar-refractivity contribution in [2.45, 2.75) is 0 Å². The maximum Gasteiger partial charge on any atom is 0.251 e. The summed E-state index contributed by atoms with van der Waals surface area (Å²) in [5.41, 5.74) is 11.0. The Labute approximate surface area is 96.7 Å². The number of nitrogens with zero attached hydrogens (tertiary/aromatic N) is 4. The number of anilines is 2. The summed E-state index contributed by atoms with van der Waals surface area (Å²) in [4.78, 5) is 18.9. The molecule has 0 radical (unpaired) electrons. The van der Waals surface area contributed by atoms with Gasteiger partial charge in [0, 0.05) is 19.3 Å². The number of primary amides is 1. The Morgan fingerprint density at radius 2 is 2.24 bits per heavy atom. The summed E-state index contributed by atoms with van der Waals surface area (Å²) in [5.74, 6) is 0.577. The number of rotatable bonds is 3. The molecule has 2 aromatic rings. The molecule has 8 nitrogen and oxygen atoms in total. The number of hydrogen-bond donors (Lipinski definition) is 3. The van der Waals surface area contributed by atoms with Crippen LogP contribution in [-0.2, 0) is 0 Å². The third kappa shape index (κ3) is 2.14. The molecule has 88 valence electrons. The first-order chi connectivity index (χ1) is 8.10. The molecule has 0 aliphatic carbocycles. The topological polar surface area (TPSA) is 125 Å². The van der Waals surface area contributed by atoms with Gasteiger partial charge in [0.2, 0.25) is 5.95 Å². The molecule has 2 heterocycles. The van der Waals surface area contributed by atoms with Crippen molar-refractivity contribution in [2.24, 2.45) is 5.73 Å². The lowest BCUT2D eigenvalue weighted by atomic mass is 10.3. The van der Waals surface area contributed by atoms with Crippen LogP contribution in [0, 0.1) is 0 Å². The minimum atomic E-state index is -0.549. The zero-order valence-electron chi connectivity index (χ0n) is 9.08. The van der Waals surface area contributed by atoms with Gasteiger partial charge >= 0.3 is 0 Å². The molecule has 0 saturated carbocycles. The van der Waals surface area contributed by atoms with Gasteiger partial charge in [-0.15, -0.1) is 0 Å². The summed E-state index contributed by atoms with van der Waals surface area (Å²) in [7, 11) is 1.71. The summed E-state index contributed by atoms with van der Waals surface area (Å²) in [6, 6.07) is 1.65. The molecule has 0 aromatic carbocycles. The number of hydrogen-bond acceptors (Lipinski definition) is 6. The standard InChI is InChI=1S/C9H11N7O/c1-12-6-2-7(15-9(11)14-6)16-4-5(3-13-16)8(10)17/h2-4H,1H3,(H2,10,17)(H3,11,12,14,15). The monoisotopic (exact) mass is 233 g/mol. The summed E-state index contributed by atoms with van der Waals surface area (Å²) < 4.78 is 1.40. The zero-order chi connectivity index (χ0) is 12.4. The molecule has 0 bridgehead atoms. The van der Waals surface area contributed by atoms with Crippen LogP contribution < -0.4 is 16.8 Å². The molecule has 0 aliphatic rings. The van der Waals surface area contributed by atoms with Gasteiger partial charge < -0.3 is 16.8 Å². The lowest BCUT2D eigenvalue weighted by Crippen LogP contribution is -2.10. The Morgan fingerprint density at radius 3 is 2.82 bits per heavy atom. The first-order valence-corrected chi connectivity index (χ1v) is 4.77. The number of amides is 1. The highest BCUT2D eigenvalue weighted by molar-refractivity contribution is 5.92. The number of carbonyl (C=O) groups excluding carboxylic acids is 1. The van der Waals surface area contributed by atoms with Gasteiger partial charge in [-0.05, 0) is 0 Å². The number of nitrogens with one attached hydrogen (secondary N) is 1. The molecule has 17 heavy (non-hydrogen) atoms. The predicted molar refractivity (Wildman–Crippen MR) is 61.6 cm³/mol. The Morgan fingerprint density at radius 1 is 1.47 bits per heavy atom. The second kappa shape index (κ2) is 4.08. The lowest BCUT2D eigenvalue weighted by Gasteiger charge is -2.04. The summed E-state index contributed by atoms with van der Waals surface area (Å²) in [6.07, 6.45) is 2.84. The lowest BCUT2D eigenvalue weighted by molar-refractivity contribution is 0.100. The van der Waals surface area contributed by atoms with Crippen molar-refractivity contribution in [3.63, 3.8) is 0 Å². The molecule has 0 spiro atoms. The Balaban J connectivity index is 2.44. The minimum absolute atomic E-state index is 0.114. The molecule has 2 aromatic heterocycles. The third-order valence-corrected chi connectivity index (χ3v) is 2.09. The van der Waals surface area contributed by atoms with Gasteiger partial charge in [0.15, 0.2) is 5.82 Å². The van der Waals surface area contributed by atoms with E-state index in [-0.39, 0.29) is 5.95 Å². The largest absolute Gasteiger partial charge is 0.373 e. The quantitative estimate of drug-likeness (QED) is 0.649. The fourth-order valence-electron chi connectivity index (χ4n) is 1.27. The van der Waals surface area contributed by atoms with Crippen molar-refractivity contribution in [3.05, 3.63) is 24.0 Å². The second-order valence-corrected chi connectivity index (χ2v) is 3.26. The highest BCUT2D eigenvalue weighted by Crippen LogP contribution is 2.11. The molecular formula is C9H11N7O. The molecule has 0 aliphatic heterocycles. The van der Waals surface area contributed by atoms with Crippen LogP contribution in [0.25, 0.3) is 5.82 Å². The van der Waals surface area contributed by atoms with Gasteiger partial charge in [0.05, 0.1) is 11.8 Å². The maximum absolute atomic E-state index is 10.9. The number of nitrogens with two attached hydrogens (primary N) is 2. The maximum atomic E-state index is 10.9. The van der Waals surface area contributed by atoms with E-state index < -0.39 is 5.91 Å². The SMILES string of the molecule is CNc1cc(-n2cc(C(N)=O)cn2)nc(N)n1.